The third kappa shape index (κ3) is 2.95. The minimum absolute atomic E-state index is 0.204. The number of imidazole rings is 1. The average molecular weight is 411 g/mol. The molecule has 3 aromatic rings. The van der Waals surface area contributed by atoms with Crippen LogP contribution in [0, 0.1) is 13.8 Å². The lowest BCUT2D eigenvalue weighted by Gasteiger charge is -2.18. The van der Waals surface area contributed by atoms with Gasteiger partial charge < -0.3 is 14.6 Å². The molecule has 3 rings (SSSR count). The second-order valence-corrected chi connectivity index (χ2v) is 6.52. The zero-order valence-corrected chi connectivity index (χ0v) is 15.8. The SMILES string of the molecule is COc1ccc(C)c(Nc2c(Br)c(C(F)F)nc3c2ncn3C)c1C. The molecule has 0 aliphatic heterocycles. The van der Waals surface area contributed by atoms with E-state index < -0.39 is 6.43 Å². The molecule has 2 aromatic heterocycles. The number of aromatic nitrogens is 3. The van der Waals surface area contributed by atoms with Gasteiger partial charge in [0.15, 0.2) is 5.65 Å². The van der Waals surface area contributed by atoms with E-state index >= 15 is 0 Å². The van der Waals surface area contributed by atoms with Crippen LogP contribution in [0.15, 0.2) is 22.9 Å². The van der Waals surface area contributed by atoms with Gasteiger partial charge in [0.05, 0.1) is 23.6 Å². The number of hydrogen-bond donors (Lipinski definition) is 1. The molecule has 0 fully saturated rings. The Morgan fingerprint density at radius 1 is 1.24 bits per heavy atom. The molecule has 0 radical (unpaired) electrons. The van der Waals surface area contributed by atoms with Crippen LogP contribution in [0.4, 0.5) is 20.2 Å². The van der Waals surface area contributed by atoms with E-state index in [9.17, 15) is 8.78 Å². The highest BCUT2D eigenvalue weighted by molar-refractivity contribution is 9.10. The monoisotopic (exact) mass is 410 g/mol. The Morgan fingerprint density at radius 3 is 2.60 bits per heavy atom. The van der Waals surface area contributed by atoms with Gasteiger partial charge in [-0.1, -0.05) is 6.07 Å². The molecule has 8 heteroatoms. The first-order chi connectivity index (χ1) is 11.8. The van der Waals surface area contributed by atoms with Crippen LogP contribution < -0.4 is 10.1 Å². The third-order valence-corrected chi connectivity index (χ3v) is 4.92. The number of anilines is 2. The number of rotatable bonds is 4. The highest BCUT2D eigenvalue weighted by Gasteiger charge is 2.23. The van der Waals surface area contributed by atoms with Crippen LogP contribution in [0.5, 0.6) is 5.75 Å². The first kappa shape index (κ1) is 17.6. The lowest BCUT2D eigenvalue weighted by atomic mass is 10.1. The van der Waals surface area contributed by atoms with Crippen molar-refractivity contribution in [3.63, 3.8) is 0 Å². The maximum atomic E-state index is 13.4. The zero-order valence-electron chi connectivity index (χ0n) is 14.2. The number of nitrogens with one attached hydrogen (secondary N) is 1. The summed E-state index contributed by atoms with van der Waals surface area (Å²) >= 11 is 3.27. The number of alkyl halides is 2. The molecule has 1 N–H and O–H groups in total. The van der Waals surface area contributed by atoms with Gasteiger partial charge in [-0.2, -0.15) is 0 Å². The number of aryl methyl sites for hydroxylation is 2. The molecule has 0 amide bonds. The fourth-order valence-corrected chi connectivity index (χ4v) is 3.30. The normalized spacial score (nSPS) is 11.4. The van der Waals surface area contributed by atoms with Crippen LogP contribution in [0.2, 0.25) is 0 Å². The Kier molecular flexibility index (Phi) is 4.64. The highest BCUT2D eigenvalue weighted by atomic mass is 79.9. The molecule has 25 heavy (non-hydrogen) atoms. The van der Waals surface area contributed by atoms with Crippen LogP contribution in [0.1, 0.15) is 23.2 Å². The fourth-order valence-electron chi connectivity index (χ4n) is 2.75. The van der Waals surface area contributed by atoms with Gasteiger partial charge in [-0.05, 0) is 41.4 Å². The maximum absolute atomic E-state index is 13.4. The van der Waals surface area contributed by atoms with Gasteiger partial charge in [-0.25, -0.2) is 18.7 Å². The molecule has 1 aromatic carbocycles. The molecule has 0 unspecified atom stereocenters. The second kappa shape index (κ2) is 6.59. The molecular formula is C17H17BrF2N4O. The number of fused-ring (bicyclic) bond motifs is 1. The Bertz CT molecular complexity index is 956. The van der Waals surface area contributed by atoms with E-state index in [4.69, 9.17) is 4.74 Å². The van der Waals surface area contributed by atoms with E-state index in [1.807, 2.05) is 26.0 Å². The van der Waals surface area contributed by atoms with Crippen LogP contribution in [-0.4, -0.2) is 21.6 Å². The van der Waals surface area contributed by atoms with Crippen molar-refractivity contribution in [3.8, 4) is 5.75 Å². The van der Waals surface area contributed by atoms with Gasteiger partial charge in [0, 0.05) is 18.3 Å². The van der Waals surface area contributed by atoms with Gasteiger partial charge >= 0.3 is 0 Å². The Hall–Kier alpha value is -2.22. The summed E-state index contributed by atoms with van der Waals surface area (Å²) in [6.07, 6.45) is -1.16. The first-order valence-electron chi connectivity index (χ1n) is 7.55. The number of pyridine rings is 1. The standard InChI is InChI=1S/C17H17BrF2N4O/c1-8-5-6-10(25-4)9(2)12(8)22-13-11(18)14(16(19)20)23-17-15(13)21-7-24(17)3/h5-7,16H,1-4H3,(H,22,23). The van der Waals surface area contributed by atoms with Gasteiger partial charge in [0.25, 0.3) is 6.43 Å². The number of ether oxygens (including phenoxy) is 1. The molecule has 5 nitrogen and oxygen atoms in total. The molecule has 0 saturated carbocycles. The number of methoxy groups -OCH3 is 1. The summed E-state index contributed by atoms with van der Waals surface area (Å²) in [6, 6.07) is 3.78. The van der Waals surface area contributed by atoms with Gasteiger partial charge in [0.1, 0.15) is 17.0 Å². The van der Waals surface area contributed by atoms with Crippen LogP contribution in [0.3, 0.4) is 0 Å². The van der Waals surface area contributed by atoms with Gasteiger partial charge in [0.2, 0.25) is 0 Å². The fraction of sp³-hybridized carbons (Fsp3) is 0.294. The Balaban J connectivity index is 2.25. The quantitative estimate of drug-likeness (QED) is 0.654. The van der Waals surface area contributed by atoms with Crippen molar-refractivity contribution in [1.82, 2.24) is 14.5 Å². The summed E-state index contributed by atoms with van der Waals surface area (Å²) in [4.78, 5) is 8.36. The summed E-state index contributed by atoms with van der Waals surface area (Å²) in [5, 5.41) is 3.26. The van der Waals surface area contributed by atoms with Crippen molar-refractivity contribution in [2.75, 3.05) is 12.4 Å². The lowest BCUT2D eigenvalue weighted by Crippen LogP contribution is -2.04. The summed E-state index contributed by atoms with van der Waals surface area (Å²) in [6.45, 7) is 3.85. The van der Waals surface area contributed by atoms with E-state index in [0.717, 1.165) is 16.8 Å². The molecule has 0 aliphatic carbocycles. The predicted molar refractivity (Wildman–Crippen MR) is 96.9 cm³/mol. The number of benzene rings is 1. The van der Waals surface area contributed by atoms with Gasteiger partial charge in [-0.3, -0.25) is 0 Å². The van der Waals surface area contributed by atoms with E-state index in [2.05, 4.69) is 31.2 Å². The maximum Gasteiger partial charge on any atom is 0.281 e. The minimum Gasteiger partial charge on any atom is -0.496 e. The molecule has 0 bridgehead atoms. The van der Waals surface area contributed by atoms with Crippen molar-refractivity contribution < 1.29 is 13.5 Å². The molecular weight excluding hydrogens is 394 g/mol. The van der Waals surface area contributed by atoms with Gasteiger partial charge in [-0.15, -0.1) is 0 Å². The van der Waals surface area contributed by atoms with Crippen LogP contribution in [0.25, 0.3) is 11.2 Å². The number of hydrogen-bond acceptors (Lipinski definition) is 4. The number of nitrogens with zero attached hydrogens (tertiary/aromatic N) is 3. The summed E-state index contributed by atoms with van der Waals surface area (Å²) < 4.78 is 34.0. The molecule has 2 heterocycles. The topological polar surface area (TPSA) is 52.0 Å². The van der Waals surface area contributed by atoms with Crippen molar-refractivity contribution in [3.05, 3.63) is 39.8 Å². The number of halogens is 3. The third-order valence-electron chi connectivity index (χ3n) is 4.11. The summed E-state index contributed by atoms with van der Waals surface area (Å²) in [5.74, 6) is 0.713. The van der Waals surface area contributed by atoms with Crippen LogP contribution in [-0.2, 0) is 7.05 Å². The largest absolute Gasteiger partial charge is 0.496 e. The summed E-state index contributed by atoms with van der Waals surface area (Å²) in [7, 11) is 3.31. The molecule has 0 atom stereocenters. The van der Waals surface area contributed by atoms with E-state index in [0.29, 0.717) is 22.6 Å². The molecule has 0 aliphatic rings. The minimum atomic E-state index is -2.71. The Morgan fingerprint density at radius 2 is 1.96 bits per heavy atom. The predicted octanol–water partition coefficient (Wildman–Crippen LogP) is 5.04. The lowest BCUT2D eigenvalue weighted by molar-refractivity contribution is 0.145. The highest BCUT2D eigenvalue weighted by Crippen LogP contribution is 2.40. The summed E-state index contributed by atoms with van der Waals surface area (Å²) in [5.41, 5.74) is 3.67. The van der Waals surface area contributed by atoms with E-state index in [-0.39, 0.29) is 10.2 Å². The van der Waals surface area contributed by atoms with Crippen molar-refractivity contribution >= 4 is 38.5 Å². The van der Waals surface area contributed by atoms with E-state index in [1.165, 1.54) is 0 Å². The first-order valence-corrected chi connectivity index (χ1v) is 8.34. The molecule has 132 valence electrons. The van der Waals surface area contributed by atoms with Crippen LogP contribution >= 0.6 is 15.9 Å². The van der Waals surface area contributed by atoms with Crippen molar-refractivity contribution in [1.29, 1.82) is 0 Å². The average Bonchev–Trinajstić information content (AvgIpc) is 2.93. The van der Waals surface area contributed by atoms with E-state index in [1.54, 1.807) is 25.1 Å². The Labute approximate surface area is 152 Å². The van der Waals surface area contributed by atoms with Crippen molar-refractivity contribution in [2.24, 2.45) is 7.05 Å². The molecule has 0 saturated heterocycles. The molecule has 0 spiro atoms. The zero-order chi connectivity index (χ0) is 18.3. The second-order valence-electron chi connectivity index (χ2n) is 5.72. The van der Waals surface area contributed by atoms with Crippen molar-refractivity contribution in [2.45, 2.75) is 20.3 Å². The smallest absolute Gasteiger partial charge is 0.281 e.